The number of pyridine rings is 1. The summed E-state index contributed by atoms with van der Waals surface area (Å²) in [5.74, 6) is 2.37. The number of hydrogen-bond acceptors (Lipinski definition) is 2. The van der Waals surface area contributed by atoms with Crippen LogP contribution in [0.25, 0.3) is 0 Å². The molecule has 1 saturated heterocycles. The van der Waals surface area contributed by atoms with E-state index in [9.17, 15) is 4.79 Å². The number of amides is 1. The number of piperazine rings is 1. The normalized spacial score (nSPS) is 15.8. The van der Waals surface area contributed by atoms with Crippen LogP contribution in [0.1, 0.15) is 50.8 Å². The van der Waals surface area contributed by atoms with Gasteiger partial charge in [-0.05, 0) is 17.5 Å². The van der Waals surface area contributed by atoms with Gasteiger partial charge >= 0.3 is 0 Å². The van der Waals surface area contributed by atoms with Gasteiger partial charge in [-0.1, -0.05) is 58.0 Å². The molecule has 2 heterocycles. The van der Waals surface area contributed by atoms with Crippen molar-refractivity contribution in [3.8, 4) is 0 Å². The minimum atomic E-state index is 0.242. The lowest BCUT2D eigenvalue weighted by Gasteiger charge is -2.31. The predicted molar refractivity (Wildman–Crippen MR) is 117 cm³/mol. The number of H-pyrrole nitrogens is 1. The minimum absolute atomic E-state index is 0.242. The first-order valence-corrected chi connectivity index (χ1v) is 10.9. The fourth-order valence-electron chi connectivity index (χ4n) is 4.03. The van der Waals surface area contributed by atoms with Crippen molar-refractivity contribution in [1.82, 2.24) is 4.90 Å². The van der Waals surface area contributed by atoms with Crippen molar-refractivity contribution >= 4 is 11.7 Å². The quantitative estimate of drug-likeness (QED) is 0.780. The zero-order chi connectivity index (χ0) is 20.8. The number of carbonyl (C=O) groups is 1. The summed E-state index contributed by atoms with van der Waals surface area (Å²) in [6, 6.07) is 15.3. The number of nitrogens with one attached hydrogen (secondary N) is 1. The van der Waals surface area contributed by atoms with E-state index in [4.69, 9.17) is 0 Å². The van der Waals surface area contributed by atoms with E-state index in [1.807, 2.05) is 23.2 Å². The Morgan fingerprint density at radius 1 is 0.966 bits per heavy atom. The second-order valence-electron chi connectivity index (χ2n) is 8.65. The molecule has 0 saturated carbocycles. The molecule has 1 aliphatic rings. The van der Waals surface area contributed by atoms with Crippen LogP contribution < -0.4 is 15.2 Å². The maximum Gasteiger partial charge on any atom is 0.277 e. The smallest absolute Gasteiger partial charge is 0.277 e. The lowest BCUT2D eigenvalue weighted by atomic mass is 9.93. The Bertz CT molecular complexity index is 765. The highest BCUT2D eigenvalue weighted by Crippen LogP contribution is 2.21. The Hall–Kier alpha value is -2.40. The van der Waals surface area contributed by atoms with Crippen LogP contribution in [0.4, 0.5) is 5.82 Å². The van der Waals surface area contributed by atoms with E-state index < -0.39 is 0 Å². The third kappa shape index (κ3) is 5.57. The number of aromatic nitrogens is 1. The van der Waals surface area contributed by atoms with Crippen molar-refractivity contribution in [1.29, 1.82) is 0 Å². The summed E-state index contributed by atoms with van der Waals surface area (Å²) in [7, 11) is 0. The van der Waals surface area contributed by atoms with Gasteiger partial charge in [0, 0.05) is 17.5 Å². The van der Waals surface area contributed by atoms with E-state index in [1.54, 1.807) is 0 Å². The van der Waals surface area contributed by atoms with Crippen LogP contribution >= 0.6 is 0 Å². The first kappa shape index (κ1) is 21.3. The van der Waals surface area contributed by atoms with Crippen LogP contribution in [0.15, 0.2) is 48.7 Å². The average molecular weight is 397 g/mol. The van der Waals surface area contributed by atoms with E-state index in [2.05, 4.69) is 73.2 Å². The van der Waals surface area contributed by atoms with E-state index in [0.29, 0.717) is 24.4 Å². The number of hydrogen-bond donors (Lipinski definition) is 1. The Labute approximate surface area is 175 Å². The van der Waals surface area contributed by atoms with E-state index in [1.165, 1.54) is 11.1 Å². The largest absolute Gasteiger partial charge is 0.332 e. The lowest BCUT2D eigenvalue weighted by Crippen LogP contribution is -2.88. The SMILES string of the molecule is CC(C)c1ccc([C@@H]([NH2+]CC(=O)N2CCN(c3cccc[nH+]3)CC2)C(C)C)cc1. The molecule has 156 valence electrons. The van der Waals surface area contributed by atoms with E-state index in [-0.39, 0.29) is 5.91 Å². The molecule has 1 amide bonds. The van der Waals surface area contributed by atoms with Crippen molar-refractivity contribution in [2.24, 2.45) is 5.92 Å². The van der Waals surface area contributed by atoms with Gasteiger partial charge in [0.25, 0.3) is 11.7 Å². The molecule has 3 rings (SSSR count). The average Bonchev–Trinajstić information content (AvgIpc) is 2.74. The van der Waals surface area contributed by atoms with Gasteiger partial charge in [-0.15, -0.1) is 0 Å². The topological polar surface area (TPSA) is 54.3 Å². The van der Waals surface area contributed by atoms with Crippen molar-refractivity contribution < 1.29 is 15.1 Å². The van der Waals surface area contributed by atoms with Crippen molar-refractivity contribution in [2.75, 3.05) is 37.6 Å². The number of aromatic amines is 1. The lowest BCUT2D eigenvalue weighted by molar-refractivity contribution is -0.692. The fourth-order valence-corrected chi connectivity index (χ4v) is 4.03. The Balaban J connectivity index is 1.53. The Kier molecular flexibility index (Phi) is 7.26. The molecular formula is C24H36N4O+2. The molecule has 5 nitrogen and oxygen atoms in total. The third-order valence-electron chi connectivity index (χ3n) is 5.92. The molecule has 0 aliphatic carbocycles. The fraction of sp³-hybridized carbons (Fsp3) is 0.500. The van der Waals surface area contributed by atoms with Crippen molar-refractivity contribution in [3.05, 3.63) is 59.8 Å². The highest BCUT2D eigenvalue weighted by Gasteiger charge is 2.28. The second-order valence-corrected chi connectivity index (χ2v) is 8.65. The summed E-state index contributed by atoms with van der Waals surface area (Å²) in [4.78, 5) is 20.4. The van der Waals surface area contributed by atoms with Gasteiger partial charge in [0.05, 0.1) is 19.3 Å². The second kappa shape index (κ2) is 9.88. The van der Waals surface area contributed by atoms with Gasteiger partial charge in [-0.3, -0.25) is 9.69 Å². The van der Waals surface area contributed by atoms with Crippen LogP contribution in [0.5, 0.6) is 0 Å². The summed E-state index contributed by atoms with van der Waals surface area (Å²) in [6.45, 7) is 12.7. The summed E-state index contributed by atoms with van der Waals surface area (Å²) >= 11 is 0. The summed E-state index contributed by atoms with van der Waals surface area (Å²) in [5.41, 5.74) is 2.67. The first-order valence-electron chi connectivity index (χ1n) is 10.9. The van der Waals surface area contributed by atoms with Gasteiger partial charge < -0.3 is 10.2 Å². The number of anilines is 1. The maximum absolute atomic E-state index is 12.8. The minimum Gasteiger partial charge on any atom is -0.332 e. The van der Waals surface area contributed by atoms with Crippen LogP contribution in [0.2, 0.25) is 0 Å². The molecule has 5 heteroatoms. The Morgan fingerprint density at radius 2 is 1.62 bits per heavy atom. The van der Waals surface area contributed by atoms with Crippen LogP contribution in [0.3, 0.4) is 0 Å². The van der Waals surface area contributed by atoms with Gasteiger partial charge in [0.2, 0.25) is 0 Å². The number of rotatable bonds is 7. The van der Waals surface area contributed by atoms with Crippen LogP contribution in [0, 0.1) is 5.92 Å². The standard InChI is InChI=1S/C24H34N4O/c1-18(2)20-8-10-21(11-9-20)24(19(3)4)26-17-23(29)28-15-13-27(14-16-28)22-7-5-6-12-25-22/h5-12,18-19,24,26H,13-17H2,1-4H3/p+2/t24-/m0/s1. The molecule has 0 unspecified atom stereocenters. The molecule has 1 aliphatic heterocycles. The first-order chi connectivity index (χ1) is 14.0. The molecule has 29 heavy (non-hydrogen) atoms. The van der Waals surface area contributed by atoms with Gasteiger partial charge in [0.15, 0.2) is 6.54 Å². The zero-order valence-corrected chi connectivity index (χ0v) is 18.3. The van der Waals surface area contributed by atoms with Crippen LogP contribution in [-0.2, 0) is 4.79 Å². The molecule has 1 atom stereocenters. The van der Waals surface area contributed by atoms with Gasteiger partial charge in [0.1, 0.15) is 19.1 Å². The molecule has 3 N–H and O–H groups in total. The maximum atomic E-state index is 12.8. The summed E-state index contributed by atoms with van der Waals surface area (Å²) in [5, 5.41) is 2.22. The summed E-state index contributed by atoms with van der Waals surface area (Å²) < 4.78 is 0. The molecule has 1 fully saturated rings. The molecule has 0 spiro atoms. The monoisotopic (exact) mass is 396 g/mol. The number of nitrogens with two attached hydrogens (primary N) is 1. The highest BCUT2D eigenvalue weighted by molar-refractivity contribution is 5.77. The molecule has 2 aromatic rings. The van der Waals surface area contributed by atoms with E-state index >= 15 is 0 Å². The van der Waals surface area contributed by atoms with E-state index in [0.717, 1.165) is 32.0 Å². The van der Waals surface area contributed by atoms with Crippen LogP contribution in [-0.4, -0.2) is 43.5 Å². The molecule has 1 aromatic heterocycles. The molecule has 0 radical (unpaired) electrons. The predicted octanol–water partition coefficient (Wildman–Crippen LogP) is 2.23. The highest BCUT2D eigenvalue weighted by atomic mass is 16.2. The molecule has 0 bridgehead atoms. The number of quaternary nitrogens is 1. The number of carbonyl (C=O) groups excluding carboxylic acids is 1. The molecular weight excluding hydrogens is 360 g/mol. The third-order valence-corrected chi connectivity index (χ3v) is 5.92. The summed E-state index contributed by atoms with van der Waals surface area (Å²) in [6.07, 6.45) is 1.95. The van der Waals surface area contributed by atoms with Crippen molar-refractivity contribution in [3.63, 3.8) is 0 Å². The number of benzene rings is 1. The number of nitrogens with zero attached hydrogens (tertiary/aromatic N) is 2. The molecule has 1 aromatic carbocycles. The van der Waals surface area contributed by atoms with Crippen molar-refractivity contribution in [2.45, 2.75) is 39.7 Å². The van der Waals surface area contributed by atoms with Gasteiger partial charge in [-0.25, -0.2) is 4.98 Å². The Morgan fingerprint density at radius 3 is 2.17 bits per heavy atom. The zero-order valence-electron chi connectivity index (χ0n) is 18.3. The van der Waals surface area contributed by atoms with Gasteiger partial charge in [-0.2, -0.15) is 0 Å².